The highest BCUT2D eigenvalue weighted by Crippen LogP contribution is 2.29. The zero-order chi connectivity index (χ0) is 14.2. The van der Waals surface area contributed by atoms with Crippen LogP contribution in [0.4, 0.5) is 5.69 Å². The van der Waals surface area contributed by atoms with E-state index in [-0.39, 0.29) is 22.1 Å². The number of rotatable bonds is 3. The van der Waals surface area contributed by atoms with Crippen molar-refractivity contribution in [1.82, 2.24) is 0 Å². The van der Waals surface area contributed by atoms with Gasteiger partial charge >= 0.3 is 5.97 Å². The molecule has 0 aliphatic carbocycles. The molecule has 1 amide bonds. The van der Waals surface area contributed by atoms with Gasteiger partial charge < -0.3 is 10.4 Å². The maximum Gasteiger partial charge on any atom is 0.348 e. The average molecular weight is 303 g/mol. The van der Waals surface area contributed by atoms with E-state index in [0.717, 1.165) is 11.3 Å². The number of anilines is 1. The van der Waals surface area contributed by atoms with Gasteiger partial charge in [0, 0.05) is 0 Å². The van der Waals surface area contributed by atoms with Crippen LogP contribution in [0, 0.1) is 12.8 Å². The topological polar surface area (TPSA) is 101 Å². The molecule has 1 aromatic rings. The first-order valence-electron chi connectivity index (χ1n) is 5.63. The summed E-state index contributed by atoms with van der Waals surface area (Å²) in [7, 11) is -3.13. The van der Waals surface area contributed by atoms with Crippen LogP contribution in [-0.2, 0) is 14.6 Å². The van der Waals surface area contributed by atoms with Gasteiger partial charge in [-0.2, -0.15) is 0 Å². The van der Waals surface area contributed by atoms with Gasteiger partial charge in [0.2, 0.25) is 5.91 Å². The second-order valence-corrected chi connectivity index (χ2v) is 7.63. The highest BCUT2D eigenvalue weighted by molar-refractivity contribution is 7.91. The summed E-state index contributed by atoms with van der Waals surface area (Å²) in [5.74, 6) is -2.27. The molecule has 2 rings (SSSR count). The number of amides is 1. The van der Waals surface area contributed by atoms with Crippen molar-refractivity contribution in [3.05, 3.63) is 15.8 Å². The van der Waals surface area contributed by atoms with Crippen LogP contribution >= 0.6 is 11.3 Å². The quantitative estimate of drug-likeness (QED) is 0.871. The monoisotopic (exact) mass is 303 g/mol. The molecule has 1 atom stereocenters. The summed E-state index contributed by atoms with van der Waals surface area (Å²) in [5, 5.41) is 13.2. The molecule has 1 aliphatic rings. The molecule has 2 heterocycles. The molecule has 1 aromatic heterocycles. The Morgan fingerprint density at radius 3 is 2.68 bits per heavy atom. The fraction of sp³-hybridized carbons (Fsp3) is 0.455. The van der Waals surface area contributed by atoms with E-state index in [9.17, 15) is 18.0 Å². The Bertz CT molecular complexity index is 632. The van der Waals surface area contributed by atoms with Crippen molar-refractivity contribution in [1.29, 1.82) is 0 Å². The first-order chi connectivity index (χ1) is 8.80. The van der Waals surface area contributed by atoms with Crippen molar-refractivity contribution in [2.75, 3.05) is 16.8 Å². The minimum absolute atomic E-state index is 0.0134. The van der Waals surface area contributed by atoms with Crippen molar-refractivity contribution < 1.29 is 23.1 Å². The molecule has 2 N–H and O–H groups in total. The van der Waals surface area contributed by atoms with Crippen molar-refractivity contribution >= 4 is 38.7 Å². The van der Waals surface area contributed by atoms with Crippen molar-refractivity contribution in [2.45, 2.75) is 13.3 Å². The molecule has 1 fully saturated rings. The first kappa shape index (κ1) is 14.0. The van der Waals surface area contributed by atoms with Gasteiger partial charge in [0.1, 0.15) is 4.88 Å². The molecule has 0 spiro atoms. The van der Waals surface area contributed by atoms with E-state index in [1.165, 1.54) is 0 Å². The van der Waals surface area contributed by atoms with E-state index >= 15 is 0 Å². The number of carbonyl (C=O) groups is 2. The van der Waals surface area contributed by atoms with E-state index < -0.39 is 27.6 Å². The standard InChI is InChI=1S/C11H13NO5S2/c1-6-4-18-9(11(14)15)8(6)12-10(13)7-2-3-19(16,17)5-7/h4,7H,2-3,5H2,1H3,(H,12,13)(H,14,15). The lowest BCUT2D eigenvalue weighted by molar-refractivity contribution is -0.119. The van der Waals surface area contributed by atoms with Gasteiger partial charge in [0.15, 0.2) is 9.84 Å². The van der Waals surface area contributed by atoms with E-state index in [1.807, 2.05) is 0 Å². The number of hydrogen-bond donors (Lipinski definition) is 2. The number of nitrogens with one attached hydrogen (secondary N) is 1. The van der Waals surface area contributed by atoms with Crippen LogP contribution in [0.25, 0.3) is 0 Å². The fourth-order valence-corrected chi connectivity index (χ4v) is 4.57. The summed E-state index contributed by atoms with van der Waals surface area (Å²) >= 11 is 1.04. The van der Waals surface area contributed by atoms with Crippen LogP contribution in [-0.4, -0.2) is 36.9 Å². The number of hydrogen-bond acceptors (Lipinski definition) is 5. The number of aromatic carboxylic acids is 1. The van der Waals surface area contributed by atoms with E-state index in [4.69, 9.17) is 5.11 Å². The third-order valence-corrected chi connectivity index (χ3v) is 5.87. The van der Waals surface area contributed by atoms with Crippen molar-refractivity contribution in [3.63, 3.8) is 0 Å². The largest absolute Gasteiger partial charge is 0.477 e. The second-order valence-electron chi connectivity index (χ2n) is 4.52. The number of aryl methyl sites for hydroxylation is 1. The predicted octanol–water partition coefficient (Wildman–Crippen LogP) is 1.13. The van der Waals surface area contributed by atoms with Gasteiger partial charge in [-0.3, -0.25) is 4.79 Å². The summed E-state index contributed by atoms with van der Waals surface area (Å²) in [6.07, 6.45) is 0.291. The van der Waals surface area contributed by atoms with Crippen LogP contribution in [0.5, 0.6) is 0 Å². The Morgan fingerprint density at radius 1 is 1.47 bits per heavy atom. The minimum Gasteiger partial charge on any atom is -0.477 e. The molecule has 0 saturated carbocycles. The Kier molecular flexibility index (Phi) is 3.64. The zero-order valence-electron chi connectivity index (χ0n) is 10.2. The molecule has 19 heavy (non-hydrogen) atoms. The molecular formula is C11H13NO5S2. The molecule has 104 valence electrons. The van der Waals surface area contributed by atoms with Gasteiger partial charge in [-0.25, -0.2) is 13.2 Å². The van der Waals surface area contributed by atoms with E-state index in [0.29, 0.717) is 12.0 Å². The molecule has 8 heteroatoms. The van der Waals surface area contributed by atoms with Crippen molar-refractivity contribution in [2.24, 2.45) is 5.92 Å². The van der Waals surface area contributed by atoms with Crippen LogP contribution < -0.4 is 5.32 Å². The lowest BCUT2D eigenvalue weighted by Gasteiger charge is -2.10. The summed E-state index contributed by atoms with van der Waals surface area (Å²) < 4.78 is 22.6. The Hall–Kier alpha value is -1.41. The average Bonchev–Trinajstić information content (AvgIpc) is 2.83. The van der Waals surface area contributed by atoms with Crippen LogP contribution in [0.15, 0.2) is 5.38 Å². The molecule has 1 aliphatic heterocycles. The lowest BCUT2D eigenvalue weighted by atomic mass is 10.1. The summed E-state index contributed by atoms with van der Waals surface area (Å²) in [6, 6.07) is 0. The van der Waals surface area contributed by atoms with Crippen molar-refractivity contribution in [3.8, 4) is 0 Å². The van der Waals surface area contributed by atoms with E-state index in [1.54, 1.807) is 12.3 Å². The number of carboxylic acids is 1. The molecule has 6 nitrogen and oxygen atoms in total. The Morgan fingerprint density at radius 2 is 2.16 bits per heavy atom. The number of carbonyl (C=O) groups excluding carboxylic acids is 1. The highest BCUT2D eigenvalue weighted by Gasteiger charge is 2.33. The number of thiophene rings is 1. The summed E-state index contributed by atoms with van der Waals surface area (Å²) in [5.41, 5.74) is 0.934. The van der Waals surface area contributed by atoms with E-state index in [2.05, 4.69) is 5.32 Å². The lowest BCUT2D eigenvalue weighted by Crippen LogP contribution is -2.24. The van der Waals surface area contributed by atoms with Crippen LogP contribution in [0.2, 0.25) is 0 Å². The molecule has 0 bridgehead atoms. The molecule has 0 aromatic carbocycles. The Balaban J connectivity index is 2.16. The highest BCUT2D eigenvalue weighted by atomic mass is 32.2. The third-order valence-electron chi connectivity index (χ3n) is 3.02. The summed E-state index contributed by atoms with van der Waals surface area (Å²) in [4.78, 5) is 23.0. The number of sulfone groups is 1. The predicted molar refractivity (Wildman–Crippen MR) is 71.4 cm³/mol. The normalized spacial score (nSPS) is 21.2. The first-order valence-corrected chi connectivity index (χ1v) is 8.33. The second kappa shape index (κ2) is 4.93. The van der Waals surface area contributed by atoms with Gasteiger partial charge in [-0.1, -0.05) is 0 Å². The Labute approximate surface area is 114 Å². The van der Waals surface area contributed by atoms with Gasteiger partial charge in [0.05, 0.1) is 23.1 Å². The third kappa shape index (κ3) is 2.95. The SMILES string of the molecule is Cc1csc(C(=O)O)c1NC(=O)C1CCS(=O)(=O)C1. The zero-order valence-corrected chi connectivity index (χ0v) is 11.8. The van der Waals surface area contributed by atoms with Gasteiger partial charge in [-0.05, 0) is 24.3 Å². The molecule has 0 radical (unpaired) electrons. The molecular weight excluding hydrogens is 290 g/mol. The van der Waals surface area contributed by atoms with Gasteiger partial charge in [0.25, 0.3) is 0 Å². The minimum atomic E-state index is -3.13. The maximum atomic E-state index is 12.0. The number of carboxylic acid groups (broad SMARTS) is 1. The van der Waals surface area contributed by atoms with Gasteiger partial charge in [-0.15, -0.1) is 11.3 Å². The summed E-state index contributed by atoms with van der Waals surface area (Å²) in [6.45, 7) is 1.70. The van der Waals surface area contributed by atoms with Crippen LogP contribution in [0.3, 0.4) is 0 Å². The molecule has 1 saturated heterocycles. The van der Waals surface area contributed by atoms with Crippen LogP contribution in [0.1, 0.15) is 21.7 Å². The smallest absolute Gasteiger partial charge is 0.348 e. The maximum absolute atomic E-state index is 12.0. The molecule has 1 unspecified atom stereocenters. The fourth-order valence-electron chi connectivity index (χ4n) is 1.98.